The van der Waals surface area contributed by atoms with Crippen LogP contribution in [0, 0.1) is 22.2 Å². The molecule has 4 aliphatic rings. The second kappa shape index (κ2) is 15.4. The molecule has 1 unspecified atom stereocenters. The predicted molar refractivity (Wildman–Crippen MR) is 218 cm³/mol. The summed E-state index contributed by atoms with van der Waals surface area (Å²) in [4.78, 5) is 75.5. The number of unbranched alkanes of at least 4 members (excludes halogenated alkanes) is 2. The van der Waals surface area contributed by atoms with Gasteiger partial charge < -0.3 is 20.1 Å². The fourth-order valence-electron chi connectivity index (χ4n) is 9.73. The Balaban J connectivity index is 0.838. The number of fused-ring (bicyclic) bond motifs is 2. The van der Waals surface area contributed by atoms with Gasteiger partial charge in [0.25, 0.3) is 17.7 Å². The number of carbonyl (C=O) groups excluding carboxylic acids is 5. The van der Waals surface area contributed by atoms with E-state index in [2.05, 4.69) is 16.1 Å². The zero-order valence-corrected chi connectivity index (χ0v) is 34.6. The van der Waals surface area contributed by atoms with Crippen molar-refractivity contribution in [3.05, 3.63) is 99.5 Å². The van der Waals surface area contributed by atoms with E-state index in [9.17, 15) is 29.2 Å². The third-order valence-corrected chi connectivity index (χ3v) is 12.6. The van der Waals surface area contributed by atoms with Crippen LogP contribution in [0.1, 0.15) is 108 Å². The molecule has 1 atom stereocenters. The Bertz CT molecular complexity index is 2430. The van der Waals surface area contributed by atoms with Crippen LogP contribution in [0.2, 0.25) is 5.02 Å². The first-order valence-corrected chi connectivity index (χ1v) is 20.4. The Hall–Kier alpha value is -6.27. The fourth-order valence-corrected chi connectivity index (χ4v) is 9.94. The maximum atomic E-state index is 14.3. The number of anilines is 1. The number of rotatable bonds is 13. The third kappa shape index (κ3) is 7.02. The number of ether oxygens (including phenoxy) is 2. The first-order valence-electron chi connectivity index (χ1n) is 20.0. The van der Waals surface area contributed by atoms with E-state index in [1.165, 1.54) is 11.1 Å². The summed E-state index contributed by atoms with van der Waals surface area (Å²) in [6, 6.07) is 13.3. The van der Waals surface area contributed by atoms with E-state index >= 15 is 0 Å². The topological polar surface area (TPSA) is 194 Å². The highest BCUT2D eigenvalue weighted by atomic mass is 35.5. The maximum Gasteiger partial charge on any atom is 0.262 e. The minimum atomic E-state index is -1.14. The van der Waals surface area contributed by atoms with Crippen molar-refractivity contribution < 1.29 is 33.4 Å². The molecule has 2 N–H and O–H groups in total. The van der Waals surface area contributed by atoms with E-state index in [1.807, 2.05) is 38.4 Å². The van der Waals surface area contributed by atoms with E-state index in [-0.39, 0.29) is 34.9 Å². The van der Waals surface area contributed by atoms with Crippen LogP contribution in [-0.4, -0.2) is 78.9 Å². The highest BCUT2D eigenvalue weighted by molar-refractivity contribution is 6.31. The van der Waals surface area contributed by atoms with Crippen molar-refractivity contribution >= 4 is 47.0 Å². The molecule has 0 radical (unpaired) electrons. The molecule has 1 saturated carbocycles. The lowest BCUT2D eigenvalue weighted by molar-refractivity contribution is -0.216. The van der Waals surface area contributed by atoms with Gasteiger partial charge in [-0.2, -0.15) is 10.4 Å². The molecule has 15 nitrogen and oxygen atoms in total. The number of aryl methyl sites for hydroxylation is 1. The lowest BCUT2D eigenvalue weighted by atomic mass is 9.48. The highest BCUT2D eigenvalue weighted by Crippen LogP contribution is 2.58. The molecule has 0 bridgehead atoms. The SMILES string of the molecule is CC1(C)C(Oc2ccc(C#N)c(Cl)c2)C(C)(C)C1N1C(=O)CCC(N2C(=O)c3ccc(OCCCCCn4cc5c(n4)CN(c4ccc(C(N)=O)cn4)C5)cc3C2=O)C1=O. The van der Waals surface area contributed by atoms with Crippen LogP contribution in [0.25, 0.3) is 0 Å². The summed E-state index contributed by atoms with van der Waals surface area (Å²) < 4.78 is 14.3. The molecule has 8 rings (SSSR count). The van der Waals surface area contributed by atoms with Gasteiger partial charge in [-0.25, -0.2) is 4.98 Å². The molecular formula is C44H45ClN8O7. The number of benzene rings is 2. The predicted octanol–water partition coefficient (Wildman–Crippen LogP) is 5.67. The van der Waals surface area contributed by atoms with Crippen molar-refractivity contribution in [3.8, 4) is 17.6 Å². The van der Waals surface area contributed by atoms with Crippen molar-refractivity contribution in [1.82, 2.24) is 24.6 Å². The molecule has 2 aromatic carbocycles. The van der Waals surface area contributed by atoms with E-state index in [0.29, 0.717) is 42.3 Å². The smallest absolute Gasteiger partial charge is 0.262 e. The van der Waals surface area contributed by atoms with Gasteiger partial charge >= 0.3 is 0 Å². The number of hydrogen-bond acceptors (Lipinski definition) is 11. The first kappa shape index (κ1) is 40.5. The Kier molecular flexibility index (Phi) is 10.4. The molecule has 60 heavy (non-hydrogen) atoms. The van der Waals surface area contributed by atoms with Crippen LogP contribution in [0.15, 0.2) is 60.9 Å². The van der Waals surface area contributed by atoms with E-state index in [4.69, 9.17) is 31.9 Å². The van der Waals surface area contributed by atoms with E-state index < -0.39 is 52.6 Å². The molecule has 1 aliphatic carbocycles. The number of carbonyl (C=O) groups is 5. The normalized spacial score (nSPS) is 21.4. The molecule has 1 saturated heterocycles. The molecule has 2 fully saturated rings. The molecule has 4 aromatic rings. The molecule has 16 heteroatoms. The third-order valence-electron chi connectivity index (χ3n) is 12.2. The number of nitrogens with zero attached hydrogens (tertiary/aromatic N) is 7. The number of nitriles is 1. The number of likely N-dealkylation sites (tertiary alicyclic amines) is 1. The van der Waals surface area contributed by atoms with Crippen molar-refractivity contribution in [2.45, 2.75) is 97.6 Å². The van der Waals surface area contributed by atoms with E-state index in [1.54, 1.807) is 48.5 Å². The monoisotopic (exact) mass is 832 g/mol. The molecular weight excluding hydrogens is 788 g/mol. The standard InChI is InChI=1S/C44H45ClN8O7/c1-43(2)41(44(3,4)42(43)60-29-10-8-25(20-46)32(45)19-29)53-36(54)15-13-34(40(53)58)52-38(56)30-12-11-28(18-31(30)39(52)57)59-17-7-5-6-16-51-23-27-22-50(24-33(27)49-51)35-14-9-26(21-48-35)37(47)55/h8-12,14,18-19,21,23,34,41-42H,5-7,13,15-17,22,24H2,1-4H3,(H2,47,55). The highest BCUT2D eigenvalue weighted by Gasteiger charge is 2.68. The van der Waals surface area contributed by atoms with Crippen LogP contribution in [0.3, 0.4) is 0 Å². The van der Waals surface area contributed by atoms with Crippen molar-refractivity contribution in [3.63, 3.8) is 0 Å². The summed E-state index contributed by atoms with van der Waals surface area (Å²) in [5.41, 5.74) is 7.08. The summed E-state index contributed by atoms with van der Waals surface area (Å²) in [7, 11) is 0. The van der Waals surface area contributed by atoms with Crippen LogP contribution >= 0.6 is 11.6 Å². The first-order chi connectivity index (χ1) is 28.6. The van der Waals surface area contributed by atoms with Gasteiger partial charge in [-0.1, -0.05) is 39.3 Å². The number of piperidine rings is 1. The van der Waals surface area contributed by atoms with Gasteiger partial charge in [-0.05, 0) is 68.1 Å². The zero-order valence-electron chi connectivity index (χ0n) is 33.8. The van der Waals surface area contributed by atoms with Gasteiger partial charge in [0.05, 0.1) is 52.2 Å². The Morgan fingerprint density at radius 3 is 2.37 bits per heavy atom. The van der Waals surface area contributed by atoms with Crippen LogP contribution in [0.4, 0.5) is 5.82 Å². The average molecular weight is 833 g/mol. The number of nitrogens with two attached hydrogens (primary N) is 1. The molecule has 5 amide bonds. The fraction of sp³-hybridized carbons (Fsp3) is 0.409. The number of pyridine rings is 1. The van der Waals surface area contributed by atoms with Gasteiger partial charge in [-0.3, -0.25) is 38.5 Å². The number of aromatic nitrogens is 3. The molecule has 5 heterocycles. The van der Waals surface area contributed by atoms with Gasteiger partial charge in [0.2, 0.25) is 11.8 Å². The number of primary amides is 1. The Morgan fingerprint density at radius 1 is 0.933 bits per heavy atom. The quantitative estimate of drug-likeness (QED) is 0.129. The lowest BCUT2D eigenvalue weighted by Crippen LogP contribution is -2.77. The Morgan fingerprint density at radius 2 is 1.68 bits per heavy atom. The minimum absolute atomic E-state index is 0.00761. The summed E-state index contributed by atoms with van der Waals surface area (Å²) in [5, 5.41) is 14.3. The number of halogens is 1. The second-order valence-electron chi connectivity index (χ2n) is 17.0. The van der Waals surface area contributed by atoms with Gasteiger partial charge in [0.1, 0.15) is 35.5 Å². The number of amides is 5. The van der Waals surface area contributed by atoms with Crippen LogP contribution in [-0.2, 0) is 29.2 Å². The number of imide groups is 2. The molecule has 310 valence electrons. The maximum absolute atomic E-state index is 14.3. The van der Waals surface area contributed by atoms with E-state index in [0.717, 1.165) is 47.8 Å². The molecule has 3 aliphatic heterocycles. The molecule has 0 spiro atoms. The summed E-state index contributed by atoms with van der Waals surface area (Å²) in [6.07, 6.45) is 5.66. The summed E-state index contributed by atoms with van der Waals surface area (Å²) >= 11 is 6.26. The van der Waals surface area contributed by atoms with Gasteiger partial charge in [0.15, 0.2) is 0 Å². The van der Waals surface area contributed by atoms with Crippen molar-refractivity contribution in [2.24, 2.45) is 16.6 Å². The van der Waals surface area contributed by atoms with Crippen LogP contribution in [0.5, 0.6) is 11.5 Å². The largest absolute Gasteiger partial charge is 0.494 e. The van der Waals surface area contributed by atoms with Crippen LogP contribution < -0.4 is 20.1 Å². The van der Waals surface area contributed by atoms with Crippen molar-refractivity contribution in [1.29, 1.82) is 5.26 Å². The lowest BCUT2D eigenvalue weighted by Gasteiger charge is -2.65. The van der Waals surface area contributed by atoms with Gasteiger partial charge in [0, 0.05) is 54.4 Å². The molecule has 2 aromatic heterocycles. The van der Waals surface area contributed by atoms with Crippen molar-refractivity contribution in [2.75, 3.05) is 11.5 Å². The second-order valence-corrected chi connectivity index (χ2v) is 17.4. The Labute approximate surface area is 352 Å². The summed E-state index contributed by atoms with van der Waals surface area (Å²) in [5.74, 6) is -0.958. The number of hydrogen-bond donors (Lipinski definition) is 1. The van der Waals surface area contributed by atoms with Gasteiger partial charge in [-0.15, -0.1) is 0 Å². The summed E-state index contributed by atoms with van der Waals surface area (Å²) in [6.45, 7) is 10.1. The average Bonchev–Trinajstić information content (AvgIpc) is 3.86. The zero-order chi connectivity index (χ0) is 42.7. The minimum Gasteiger partial charge on any atom is -0.494 e.